The van der Waals surface area contributed by atoms with Gasteiger partial charge in [0.2, 0.25) is 0 Å². The first-order valence-corrected chi connectivity index (χ1v) is 16.4. The molecule has 40 heavy (non-hydrogen) atoms. The Morgan fingerprint density at radius 1 is 0.675 bits per heavy atom. The maximum absolute atomic E-state index is 12.1. The van der Waals surface area contributed by atoms with Crippen molar-refractivity contribution in [2.24, 2.45) is 0 Å². The maximum Gasteiger partial charge on any atom is 0.472 e. The Balaban J connectivity index is 2.06. The molecular weight excluding hydrogens is 547 g/mol. The second kappa shape index (κ2) is 21.1. The first-order chi connectivity index (χ1) is 19.0. The minimum atomic E-state index is -4.98. The number of hydrogen-bond donors (Lipinski definition) is 7. The van der Waals surface area contributed by atoms with Crippen molar-refractivity contribution in [3.8, 4) is 0 Å². The lowest BCUT2D eigenvalue weighted by Crippen LogP contribution is -2.64. The van der Waals surface area contributed by atoms with Gasteiger partial charge >= 0.3 is 13.8 Å². The molecule has 3 unspecified atom stereocenters. The molecule has 0 amide bonds. The Morgan fingerprint density at radius 3 is 1.52 bits per heavy atom. The summed E-state index contributed by atoms with van der Waals surface area (Å²) in [6, 6.07) is 0. The largest absolute Gasteiger partial charge is 0.472 e. The number of esters is 1. The molecule has 0 bridgehead atoms. The molecule has 12 nitrogen and oxygen atoms in total. The third-order valence-electron chi connectivity index (χ3n) is 7.18. The van der Waals surface area contributed by atoms with Gasteiger partial charge < -0.3 is 40.3 Å². The number of phosphoric acid groups is 1. The van der Waals surface area contributed by atoms with Gasteiger partial charge in [-0.1, -0.05) is 96.8 Å². The smallest absolute Gasteiger partial charge is 0.463 e. The van der Waals surface area contributed by atoms with Crippen LogP contribution >= 0.6 is 7.82 Å². The van der Waals surface area contributed by atoms with Crippen molar-refractivity contribution in [3.63, 3.8) is 0 Å². The zero-order valence-corrected chi connectivity index (χ0v) is 24.8. The molecule has 0 aromatic carbocycles. The molecule has 0 radical (unpaired) electrons. The number of carbonyl (C=O) groups excluding carboxylic acids is 1. The lowest BCUT2D eigenvalue weighted by Gasteiger charge is -2.41. The highest BCUT2D eigenvalue weighted by Crippen LogP contribution is 2.47. The van der Waals surface area contributed by atoms with E-state index in [4.69, 9.17) is 4.74 Å². The Labute approximate surface area is 238 Å². The monoisotopic (exact) mass is 600 g/mol. The van der Waals surface area contributed by atoms with Crippen molar-refractivity contribution >= 4 is 13.8 Å². The molecule has 13 heteroatoms. The van der Waals surface area contributed by atoms with E-state index in [1.807, 2.05) is 0 Å². The molecular formula is C27H53O12P. The fraction of sp³-hybridized carbons (Fsp3) is 0.963. The van der Waals surface area contributed by atoms with Crippen LogP contribution in [0.2, 0.25) is 0 Å². The average molecular weight is 601 g/mol. The molecule has 0 aromatic heterocycles. The standard InChI is InChI=1S/C27H53O12P/c1-2-3-4-5-6-7-8-9-10-11-12-13-14-15-16-17-21(29)37-18-20(28)19-38-40(35,36)39-27-25(33)23(31)22(30)24(32)26(27)34/h20,22-28,30-34H,2-19H2,1H3,(H,35,36)/t20-,22?,23-,24+,25-,26-,27?/m1/s1. The predicted octanol–water partition coefficient (Wildman–Crippen LogP) is 2.47. The minimum Gasteiger partial charge on any atom is -0.463 e. The van der Waals surface area contributed by atoms with Gasteiger partial charge in [0, 0.05) is 6.42 Å². The number of unbranched alkanes of at least 4 members (excludes halogenated alkanes) is 14. The van der Waals surface area contributed by atoms with Crippen molar-refractivity contribution in [3.05, 3.63) is 0 Å². The van der Waals surface area contributed by atoms with Gasteiger partial charge in [-0.05, 0) is 6.42 Å². The van der Waals surface area contributed by atoms with Crippen molar-refractivity contribution in [2.75, 3.05) is 13.2 Å². The van der Waals surface area contributed by atoms with E-state index < -0.39 is 69.7 Å². The molecule has 0 saturated heterocycles. The Morgan fingerprint density at radius 2 is 1.07 bits per heavy atom. The molecule has 238 valence electrons. The van der Waals surface area contributed by atoms with E-state index >= 15 is 0 Å². The van der Waals surface area contributed by atoms with Gasteiger partial charge in [-0.3, -0.25) is 13.8 Å². The molecule has 1 fully saturated rings. The van der Waals surface area contributed by atoms with E-state index in [2.05, 4.69) is 16.0 Å². The van der Waals surface area contributed by atoms with Gasteiger partial charge in [0.15, 0.2) is 0 Å². The number of ether oxygens (including phenoxy) is 1. The van der Waals surface area contributed by atoms with Gasteiger partial charge in [0.25, 0.3) is 0 Å². The maximum atomic E-state index is 12.1. The fourth-order valence-corrected chi connectivity index (χ4v) is 5.61. The summed E-state index contributed by atoms with van der Waals surface area (Å²) in [7, 11) is -4.98. The zero-order valence-electron chi connectivity index (χ0n) is 23.9. The van der Waals surface area contributed by atoms with E-state index in [-0.39, 0.29) is 6.42 Å². The third kappa shape index (κ3) is 15.5. The summed E-state index contributed by atoms with van der Waals surface area (Å²) >= 11 is 0. The molecule has 1 saturated carbocycles. The summed E-state index contributed by atoms with van der Waals surface area (Å²) in [6.45, 7) is 0.989. The van der Waals surface area contributed by atoms with Crippen LogP contribution in [-0.2, 0) is 23.1 Å². The second-order valence-electron chi connectivity index (χ2n) is 10.8. The van der Waals surface area contributed by atoms with Gasteiger partial charge in [-0.2, -0.15) is 0 Å². The normalized spacial score (nSPS) is 27.3. The van der Waals surface area contributed by atoms with Crippen LogP contribution in [0.1, 0.15) is 110 Å². The van der Waals surface area contributed by atoms with Crippen LogP contribution in [0.25, 0.3) is 0 Å². The summed E-state index contributed by atoms with van der Waals surface area (Å²) in [5.74, 6) is -0.507. The highest BCUT2D eigenvalue weighted by molar-refractivity contribution is 7.47. The van der Waals surface area contributed by atoms with Crippen molar-refractivity contribution < 1.29 is 58.7 Å². The van der Waals surface area contributed by atoms with Gasteiger partial charge in [-0.25, -0.2) is 4.57 Å². The Bertz CT molecular complexity index is 695. The highest BCUT2D eigenvalue weighted by atomic mass is 31.2. The van der Waals surface area contributed by atoms with Crippen LogP contribution in [-0.4, -0.2) is 97.4 Å². The lowest BCUT2D eigenvalue weighted by molar-refractivity contribution is -0.220. The van der Waals surface area contributed by atoms with Crippen LogP contribution in [0.4, 0.5) is 0 Å². The van der Waals surface area contributed by atoms with Crippen LogP contribution in [0.3, 0.4) is 0 Å². The highest BCUT2D eigenvalue weighted by Gasteiger charge is 2.51. The summed E-state index contributed by atoms with van der Waals surface area (Å²) in [4.78, 5) is 21.7. The second-order valence-corrected chi connectivity index (χ2v) is 12.2. The number of rotatable bonds is 23. The molecule has 0 heterocycles. The first-order valence-electron chi connectivity index (χ1n) is 14.9. The SMILES string of the molecule is CCCCCCCCCCCCCCCCCC(=O)OC[C@@H](O)COP(=O)(O)OC1[C@H](O)[C@H](O)C(O)[C@H](O)[C@H]1O. The minimum absolute atomic E-state index is 0.196. The zero-order chi connectivity index (χ0) is 30.0. The quantitative estimate of drug-likeness (QED) is 0.0513. The number of aliphatic hydroxyl groups is 6. The van der Waals surface area contributed by atoms with Gasteiger partial charge in [-0.15, -0.1) is 0 Å². The molecule has 1 aliphatic rings. The van der Waals surface area contributed by atoms with Crippen LogP contribution < -0.4 is 0 Å². The molecule has 0 aliphatic heterocycles. The van der Waals surface area contributed by atoms with E-state index in [1.165, 1.54) is 70.6 Å². The van der Waals surface area contributed by atoms with Crippen molar-refractivity contribution in [2.45, 2.75) is 152 Å². The first kappa shape index (κ1) is 37.4. The van der Waals surface area contributed by atoms with E-state index in [1.54, 1.807) is 0 Å². The Kier molecular flexibility index (Phi) is 19.7. The molecule has 0 aromatic rings. The molecule has 1 rings (SSSR count). The van der Waals surface area contributed by atoms with Crippen LogP contribution in [0, 0.1) is 0 Å². The molecule has 7 N–H and O–H groups in total. The van der Waals surface area contributed by atoms with Crippen molar-refractivity contribution in [1.82, 2.24) is 0 Å². The average Bonchev–Trinajstić information content (AvgIpc) is 2.93. The fourth-order valence-electron chi connectivity index (χ4n) is 4.64. The van der Waals surface area contributed by atoms with Crippen LogP contribution in [0.15, 0.2) is 0 Å². The molecule has 8 atom stereocenters. The summed E-state index contributed by atoms with van der Waals surface area (Å²) in [6.07, 6.45) is 5.23. The summed E-state index contributed by atoms with van der Waals surface area (Å²) in [5, 5.41) is 58.5. The topological polar surface area (TPSA) is 203 Å². The lowest BCUT2D eigenvalue weighted by atomic mass is 9.85. The van der Waals surface area contributed by atoms with Crippen molar-refractivity contribution in [1.29, 1.82) is 0 Å². The summed E-state index contributed by atoms with van der Waals surface area (Å²) in [5.41, 5.74) is 0. The van der Waals surface area contributed by atoms with E-state index in [0.717, 1.165) is 19.3 Å². The number of hydrogen-bond acceptors (Lipinski definition) is 11. The van der Waals surface area contributed by atoms with E-state index in [0.29, 0.717) is 6.42 Å². The molecule has 0 spiro atoms. The summed E-state index contributed by atoms with van der Waals surface area (Å²) < 4.78 is 26.3. The van der Waals surface area contributed by atoms with Gasteiger partial charge in [0.05, 0.1) is 6.61 Å². The number of aliphatic hydroxyl groups excluding tert-OH is 6. The van der Waals surface area contributed by atoms with E-state index in [9.17, 15) is 44.9 Å². The Hall–Kier alpha value is -0.660. The molecule has 1 aliphatic carbocycles. The third-order valence-corrected chi connectivity index (χ3v) is 8.16. The van der Waals surface area contributed by atoms with Gasteiger partial charge in [0.1, 0.15) is 49.3 Å². The number of phosphoric ester groups is 1. The number of carbonyl (C=O) groups is 1. The van der Waals surface area contributed by atoms with Crippen LogP contribution in [0.5, 0.6) is 0 Å². The predicted molar refractivity (Wildman–Crippen MR) is 147 cm³/mol.